The zero-order chi connectivity index (χ0) is 13.0. The lowest BCUT2D eigenvalue weighted by Gasteiger charge is -2.06. The smallest absolute Gasteiger partial charge is 0.423 e. The Kier molecular flexibility index (Phi) is 3.71. The molecule has 5 nitrogen and oxygen atoms in total. The Labute approximate surface area is 104 Å². The SMILES string of the molecule is O=C(Nc1cncc(B(O)O)c1)c1ccccc1. The molecule has 2 rings (SSSR count). The van der Waals surface area contributed by atoms with E-state index in [2.05, 4.69) is 10.3 Å². The first-order chi connectivity index (χ1) is 8.66. The topological polar surface area (TPSA) is 82.5 Å². The van der Waals surface area contributed by atoms with E-state index in [0.717, 1.165) is 0 Å². The summed E-state index contributed by atoms with van der Waals surface area (Å²) in [6.45, 7) is 0. The number of hydrogen-bond acceptors (Lipinski definition) is 4. The van der Waals surface area contributed by atoms with Crippen LogP contribution in [0, 0.1) is 0 Å². The van der Waals surface area contributed by atoms with Gasteiger partial charge < -0.3 is 15.4 Å². The van der Waals surface area contributed by atoms with Crippen molar-refractivity contribution < 1.29 is 14.8 Å². The number of nitrogens with one attached hydrogen (secondary N) is 1. The van der Waals surface area contributed by atoms with E-state index in [1.807, 2.05) is 6.07 Å². The molecule has 0 saturated heterocycles. The van der Waals surface area contributed by atoms with Crippen LogP contribution >= 0.6 is 0 Å². The van der Waals surface area contributed by atoms with Crippen LogP contribution in [0.3, 0.4) is 0 Å². The molecule has 90 valence electrons. The van der Waals surface area contributed by atoms with Crippen molar-refractivity contribution in [2.75, 3.05) is 5.32 Å². The fraction of sp³-hybridized carbons (Fsp3) is 0. The van der Waals surface area contributed by atoms with Crippen molar-refractivity contribution in [1.29, 1.82) is 0 Å². The number of hydrogen-bond donors (Lipinski definition) is 3. The third-order valence-electron chi connectivity index (χ3n) is 2.35. The summed E-state index contributed by atoms with van der Waals surface area (Å²) in [5, 5.41) is 20.6. The summed E-state index contributed by atoms with van der Waals surface area (Å²) in [4.78, 5) is 15.6. The molecule has 1 aromatic heterocycles. The van der Waals surface area contributed by atoms with Crippen molar-refractivity contribution in [3.8, 4) is 0 Å². The Bertz CT molecular complexity index is 546. The lowest BCUT2D eigenvalue weighted by Crippen LogP contribution is -2.30. The number of carbonyl (C=O) groups is 1. The predicted octanol–water partition coefficient (Wildman–Crippen LogP) is 0.0137. The second kappa shape index (κ2) is 5.44. The monoisotopic (exact) mass is 242 g/mol. The van der Waals surface area contributed by atoms with Crippen molar-refractivity contribution in [1.82, 2.24) is 4.98 Å². The summed E-state index contributed by atoms with van der Waals surface area (Å²) in [6.07, 6.45) is 2.76. The molecule has 3 N–H and O–H groups in total. The van der Waals surface area contributed by atoms with Gasteiger partial charge in [0.25, 0.3) is 5.91 Å². The number of nitrogens with zero attached hydrogens (tertiary/aromatic N) is 1. The molecule has 18 heavy (non-hydrogen) atoms. The van der Waals surface area contributed by atoms with E-state index in [-0.39, 0.29) is 11.4 Å². The van der Waals surface area contributed by atoms with E-state index in [9.17, 15) is 4.79 Å². The van der Waals surface area contributed by atoms with Gasteiger partial charge in [-0.25, -0.2) is 0 Å². The number of benzene rings is 1. The fourth-order valence-electron chi connectivity index (χ4n) is 1.46. The molecule has 0 bridgehead atoms. The molecule has 0 unspecified atom stereocenters. The minimum Gasteiger partial charge on any atom is -0.423 e. The maximum absolute atomic E-state index is 11.8. The molecule has 1 aromatic carbocycles. The van der Waals surface area contributed by atoms with E-state index in [1.54, 1.807) is 24.3 Å². The first-order valence-corrected chi connectivity index (χ1v) is 5.34. The summed E-state index contributed by atoms with van der Waals surface area (Å²) in [7, 11) is -1.61. The van der Waals surface area contributed by atoms with Gasteiger partial charge in [0.2, 0.25) is 0 Å². The zero-order valence-electron chi connectivity index (χ0n) is 9.45. The standard InChI is InChI=1S/C12H11BN2O3/c16-12(9-4-2-1-3-5-9)15-11-6-10(13(17)18)7-14-8-11/h1-8,17-18H,(H,15,16). The van der Waals surface area contributed by atoms with Crippen LogP contribution < -0.4 is 10.8 Å². The molecule has 0 radical (unpaired) electrons. The number of pyridine rings is 1. The Morgan fingerprint density at radius 2 is 1.89 bits per heavy atom. The minimum atomic E-state index is -1.61. The molecule has 0 aliphatic heterocycles. The average Bonchev–Trinajstić information content (AvgIpc) is 2.40. The molecule has 0 aliphatic carbocycles. The van der Waals surface area contributed by atoms with Crippen LogP contribution in [0.2, 0.25) is 0 Å². The Hall–Kier alpha value is -2.18. The Balaban J connectivity index is 2.15. The number of amides is 1. The van der Waals surface area contributed by atoms with Crippen molar-refractivity contribution in [3.05, 3.63) is 54.4 Å². The van der Waals surface area contributed by atoms with Crippen LogP contribution in [0.25, 0.3) is 0 Å². The van der Waals surface area contributed by atoms with E-state index >= 15 is 0 Å². The molecule has 0 saturated carbocycles. The van der Waals surface area contributed by atoms with Crippen LogP contribution in [0.4, 0.5) is 5.69 Å². The first kappa shape index (κ1) is 12.3. The van der Waals surface area contributed by atoms with Gasteiger partial charge in [0.15, 0.2) is 0 Å². The van der Waals surface area contributed by atoms with Crippen molar-refractivity contribution in [2.45, 2.75) is 0 Å². The lowest BCUT2D eigenvalue weighted by molar-refractivity contribution is 0.102. The van der Waals surface area contributed by atoms with Crippen LogP contribution in [-0.2, 0) is 0 Å². The molecule has 1 heterocycles. The fourth-order valence-corrected chi connectivity index (χ4v) is 1.46. The number of anilines is 1. The van der Waals surface area contributed by atoms with E-state index in [4.69, 9.17) is 10.0 Å². The molecular weight excluding hydrogens is 231 g/mol. The third kappa shape index (κ3) is 2.94. The quantitative estimate of drug-likeness (QED) is 0.662. The van der Waals surface area contributed by atoms with Gasteiger partial charge in [0.1, 0.15) is 0 Å². The second-order valence-electron chi connectivity index (χ2n) is 3.70. The molecule has 2 aromatic rings. The third-order valence-corrected chi connectivity index (χ3v) is 2.35. The van der Waals surface area contributed by atoms with Gasteiger partial charge in [0, 0.05) is 17.2 Å². The lowest BCUT2D eigenvalue weighted by atomic mass is 9.81. The molecule has 0 spiro atoms. The molecule has 0 aliphatic rings. The van der Waals surface area contributed by atoms with Crippen molar-refractivity contribution >= 4 is 24.2 Å². The number of aromatic nitrogens is 1. The van der Waals surface area contributed by atoms with Gasteiger partial charge in [0.05, 0.1) is 11.9 Å². The highest BCUT2D eigenvalue weighted by Crippen LogP contribution is 2.06. The highest BCUT2D eigenvalue weighted by Gasteiger charge is 2.12. The summed E-state index contributed by atoms with van der Waals surface area (Å²) in [6, 6.07) is 10.2. The van der Waals surface area contributed by atoms with Gasteiger partial charge in [-0.05, 0) is 18.2 Å². The van der Waals surface area contributed by atoms with Crippen LogP contribution in [0.15, 0.2) is 48.8 Å². The van der Waals surface area contributed by atoms with Gasteiger partial charge in [-0.2, -0.15) is 0 Å². The summed E-state index contributed by atoms with van der Waals surface area (Å²) >= 11 is 0. The molecule has 1 amide bonds. The van der Waals surface area contributed by atoms with Crippen LogP contribution in [0.5, 0.6) is 0 Å². The molecule has 0 atom stereocenters. The Morgan fingerprint density at radius 1 is 1.17 bits per heavy atom. The molecule has 6 heteroatoms. The van der Waals surface area contributed by atoms with Crippen molar-refractivity contribution in [3.63, 3.8) is 0 Å². The average molecular weight is 242 g/mol. The minimum absolute atomic E-state index is 0.223. The van der Waals surface area contributed by atoms with Gasteiger partial charge >= 0.3 is 7.12 Å². The van der Waals surface area contributed by atoms with E-state index in [1.165, 1.54) is 18.5 Å². The van der Waals surface area contributed by atoms with E-state index < -0.39 is 7.12 Å². The highest BCUT2D eigenvalue weighted by molar-refractivity contribution is 6.58. The number of rotatable bonds is 3. The van der Waals surface area contributed by atoms with Gasteiger partial charge in [-0.15, -0.1) is 0 Å². The van der Waals surface area contributed by atoms with Crippen LogP contribution in [0.1, 0.15) is 10.4 Å². The largest absolute Gasteiger partial charge is 0.490 e. The molecule has 0 fully saturated rings. The summed E-state index contributed by atoms with van der Waals surface area (Å²) < 4.78 is 0. The number of carbonyl (C=O) groups excluding carboxylic acids is 1. The highest BCUT2D eigenvalue weighted by atomic mass is 16.4. The Morgan fingerprint density at radius 3 is 2.56 bits per heavy atom. The molecular formula is C12H11BN2O3. The maximum atomic E-state index is 11.8. The maximum Gasteiger partial charge on any atom is 0.490 e. The zero-order valence-corrected chi connectivity index (χ0v) is 9.45. The first-order valence-electron chi connectivity index (χ1n) is 5.34. The predicted molar refractivity (Wildman–Crippen MR) is 68.5 cm³/mol. The second-order valence-corrected chi connectivity index (χ2v) is 3.70. The van der Waals surface area contributed by atoms with Gasteiger partial charge in [-0.1, -0.05) is 18.2 Å². The van der Waals surface area contributed by atoms with Crippen LogP contribution in [-0.4, -0.2) is 28.1 Å². The normalized spacial score (nSPS) is 9.89. The summed E-state index contributed by atoms with van der Waals surface area (Å²) in [5.74, 6) is -0.276. The summed E-state index contributed by atoms with van der Waals surface area (Å²) in [5.41, 5.74) is 1.16. The van der Waals surface area contributed by atoms with E-state index in [0.29, 0.717) is 11.3 Å². The van der Waals surface area contributed by atoms with Crippen molar-refractivity contribution in [2.24, 2.45) is 0 Å². The van der Waals surface area contributed by atoms with Gasteiger partial charge in [-0.3, -0.25) is 9.78 Å².